The molecule has 0 aromatic carbocycles. The maximum atomic E-state index is 12.1. The number of nitrogens with zero attached hydrogens (tertiary/aromatic N) is 2. The second-order valence-corrected chi connectivity index (χ2v) is 5.97. The third-order valence-electron chi connectivity index (χ3n) is 3.04. The third kappa shape index (κ3) is 3.34. The van der Waals surface area contributed by atoms with Crippen LogP contribution in [0.15, 0.2) is 21.3 Å². The van der Waals surface area contributed by atoms with Crippen molar-refractivity contribution in [3.63, 3.8) is 0 Å². The molecule has 0 amide bonds. The van der Waals surface area contributed by atoms with Gasteiger partial charge in [-0.3, -0.25) is 9.48 Å². The number of aromatic nitrogens is 2. The lowest BCUT2D eigenvalue weighted by molar-refractivity contribution is -0.117. The van der Waals surface area contributed by atoms with Crippen LogP contribution in [0.4, 0.5) is 0 Å². The largest absolute Gasteiger partial charge is 0.299 e. The highest BCUT2D eigenvalue weighted by atomic mass is 79.9. The Morgan fingerprint density at radius 2 is 2.21 bits per heavy atom. The summed E-state index contributed by atoms with van der Waals surface area (Å²) in [7, 11) is 0. The topological polar surface area (TPSA) is 34.9 Å². The van der Waals surface area contributed by atoms with E-state index in [9.17, 15) is 4.79 Å². The maximum absolute atomic E-state index is 12.1. The normalized spacial score (nSPS) is 10.9. The summed E-state index contributed by atoms with van der Waals surface area (Å²) in [6.45, 7) is 4.91. The van der Waals surface area contributed by atoms with Crippen molar-refractivity contribution >= 4 is 33.0 Å². The number of Topliss-reactive ketones (excluding diaryl/α,β-unsaturated/α-hetero) is 1. The lowest BCUT2D eigenvalue weighted by Gasteiger charge is -2.04. The van der Waals surface area contributed by atoms with Crippen LogP contribution in [-0.2, 0) is 30.6 Å². The molecule has 2 aromatic rings. The standard InChI is InChI=1S/C14H17BrN2OS/c1-3-12-14(15)13(17(4-2)16-12)8-11(18)7-10-5-6-19-9-10/h5-6,9H,3-4,7-8H2,1-2H3. The fourth-order valence-corrected chi connectivity index (χ4v) is 3.43. The molecule has 102 valence electrons. The van der Waals surface area contributed by atoms with Gasteiger partial charge < -0.3 is 0 Å². The number of carbonyl (C=O) groups is 1. The Hall–Kier alpha value is -0.940. The Kier molecular flexibility index (Phi) is 4.93. The van der Waals surface area contributed by atoms with Crippen LogP contribution in [0.5, 0.6) is 0 Å². The molecule has 0 spiro atoms. The quantitative estimate of drug-likeness (QED) is 0.804. The van der Waals surface area contributed by atoms with Crippen LogP contribution >= 0.6 is 27.3 Å². The van der Waals surface area contributed by atoms with E-state index in [-0.39, 0.29) is 5.78 Å². The second-order valence-electron chi connectivity index (χ2n) is 4.40. The molecule has 0 radical (unpaired) electrons. The van der Waals surface area contributed by atoms with E-state index in [1.165, 1.54) is 0 Å². The number of aryl methyl sites for hydroxylation is 2. The molecule has 2 rings (SSSR count). The van der Waals surface area contributed by atoms with E-state index < -0.39 is 0 Å². The van der Waals surface area contributed by atoms with E-state index in [2.05, 4.69) is 28.0 Å². The van der Waals surface area contributed by atoms with Gasteiger partial charge in [0.1, 0.15) is 5.78 Å². The molecule has 0 aliphatic rings. The average Bonchev–Trinajstić information content (AvgIpc) is 2.99. The average molecular weight is 341 g/mol. The van der Waals surface area contributed by atoms with Gasteiger partial charge in [-0.25, -0.2) is 0 Å². The van der Waals surface area contributed by atoms with Gasteiger partial charge >= 0.3 is 0 Å². The number of hydrogen-bond acceptors (Lipinski definition) is 3. The SMILES string of the molecule is CCc1nn(CC)c(CC(=O)Cc2ccsc2)c1Br. The minimum atomic E-state index is 0.233. The van der Waals surface area contributed by atoms with Gasteiger partial charge in [-0.1, -0.05) is 6.92 Å². The summed E-state index contributed by atoms with van der Waals surface area (Å²) in [6.07, 6.45) is 1.82. The molecule has 2 aromatic heterocycles. The van der Waals surface area contributed by atoms with Gasteiger partial charge in [0.25, 0.3) is 0 Å². The first-order valence-electron chi connectivity index (χ1n) is 6.42. The van der Waals surface area contributed by atoms with Crippen LogP contribution in [0.3, 0.4) is 0 Å². The highest BCUT2D eigenvalue weighted by Gasteiger charge is 2.17. The van der Waals surface area contributed by atoms with E-state index in [1.807, 2.05) is 28.4 Å². The van der Waals surface area contributed by atoms with Gasteiger partial charge in [0, 0.05) is 19.4 Å². The van der Waals surface area contributed by atoms with Crippen molar-refractivity contribution in [2.24, 2.45) is 0 Å². The minimum absolute atomic E-state index is 0.233. The first-order chi connectivity index (χ1) is 9.15. The van der Waals surface area contributed by atoms with Crippen LogP contribution < -0.4 is 0 Å². The molecule has 0 aliphatic carbocycles. The third-order valence-corrected chi connectivity index (χ3v) is 4.69. The number of thiophene rings is 1. The molecule has 3 nitrogen and oxygen atoms in total. The summed E-state index contributed by atoms with van der Waals surface area (Å²) in [5.41, 5.74) is 3.13. The van der Waals surface area contributed by atoms with E-state index in [4.69, 9.17) is 0 Å². The molecule has 0 saturated carbocycles. The smallest absolute Gasteiger partial charge is 0.143 e. The van der Waals surface area contributed by atoms with Gasteiger partial charge in [-0.05, 0) is 51.7 Å². The fraction of sp³-hybridized carbons (Fsp3) is 0.429. The first-order valence-corrected chi connectivity index (χ1v) is 8.16. The summed E-state index contributed by atoms with van der Waals surface area (Å²) in [4.78, 5) is 12.1. The summed E-state index contributed by atoms with van der Waals surface area (Å²) in [6, 6.07) is 2.01. The Labute approximate surface area is 125 Å². The predicted octanol–water partition coefficient (Wildman–Crippen LogP) is 3.64. The number of halogens is 1. The van der Waals surface area contributed by atoms with Crippen molar-refractivity contribution in [3.8, 4) is 0 Å². The molecule has 0 saturated heterocycles. The number of ketones is 1. The minimum Gasteiger partial charge on any atom is -0.299 e. The second kappa shape index (κ2) is 6.48. The Morgan fingerprint density at radius 3 is 2.79 bits per heavy atom. The highest BCUT2D eigenvalue weighted by Crippen LogP contribution is 2.23. The van der Waals surface area contributed by atoms with Crippen LogP contribution in [-0.4, -0.2) is 15.6 Å². The molecular formula is C14H17BrN2OS. The number of rotatable bonds is 6. The van der Waals surface area contributed by atoms with Crippen LogP contribution in [0.25, 0.3) is 0 Å². The van der Waals surface area contributed by atoms with Crippen LogP contribution in [0, 0.1) is 0 Å². The molecule has 0 N–H and O–H groups in total. The maximum Gasteiger partial charge on any atom is 0.143 e. The van der Waals surface area contributed by atoms with E-state index in [1.54, 1.807) is 11.3 Å². The molecule has 0 atom stereocenters. The van der Waals surface area contributed by atoms with E-state index in [0.29, 0.717) is 12.8 Å². The summed E-state index contributed by atoms with van der Waals surface area (Å²) in [5, 5.41) is 8.55. The molecule has 0 fully saturated rings. The molecule has 19 heavy (non-hydrogen) atoms. The zero-order chi connectivity index (χ0) is 13.8. The zero-order valence-electron chi connectivity index (χ0n) is 11.1. The lowest BCUT2D eigenvalue weighted by atomic mass is 10.1. The van der Waals surface area contributed by atoms with E-state index >= 15 is 0 Å². The summed E-state index contributed by atoms with van der Waals surface area (Å²) in [5.74, 6) is 0.233. The van der Waals surface area contributed by atoms with Gasteiger partial charge in [-0.2, -0.15) is 16.4 Å². The van der Waals surface area contributed by atoms with Crippen molar-refractivity contribution in [3.05, 3.63) is 38.3 Å². The number of carbonyl (C=O) groups excluding carboxylic acids is 1. The van der Waals surface area contributed by atoms with Gasteiger partial charge in [-0.15, -0.1) is 0 Å². The van der Waals surface area contributed by atoms with Crippen molar-refractivity contribution in [2.75, 3.05) is 0 Å². The monoisotopic (exact) mass is 340 g/mol. The van der Waals surface area contributed by atoms with Gasteiger partial charge in [0.2, 0.25) is 0 Å². The number of hydrogen-bond donors (Lipinski definition) is 0. The Bertz CT molecular complexity index is 560. The zero-order valence-corrected chi connectivity index (χ0v) is 13.6. The first kappa shape index (κ1) is 14.5. The van der Waals surface area contributed by atoms with Gasteiger partial charge in [0.15, 0.2) is 0 Å². The summed E-state index contributed by atoms with van der Waals surface area (Å²) >= 11 is 5.20. The van der Waals surface area contributed by atoms with Crippen LogP contribution in [0.2, 0.25) is 0 Å². The van der Waals surface area contributed by atoms with Crippen molar-refractivity contribution in [2.45, 2.75) is 39.7 Å². The Balaban J connectivity index is 2.14. The van der Waals surface area contributed by atoms with Crippen molar-refractivity contribution in [1.82, 2.24) is 9.78 Å². The highest BCUT2D eigenvalue weighted by molar-refractivity contribution is 9.10. The van der Waals surface area contributed by atoms with Crippen molar-refractivity contribution < 1.29 is 4.79 Å². The molecular weight excluding hydrogens is 324 g/mol. The predicted molar refractivity (Wildman–Crippen MR) is 81.7 cm³/mol. The van der Waals surface area contributed by atoms with Crippen molar-refractivity contribution in [1.29, 1.82) is 0 Å². The lowest BCUT2D eigenvalue weighted by Crippen LogP contribution is -2.11. The van der Waals surface area contributed by atoms with Crippen LogP contribution in [0.1, 0.15) is 30.8 Å². The molecule has 2 heterocycles. The molecule has 0 unspecified atom stereocenters. The Morgan fingerprint density at radius 1 is 1.42 bits per heavy atom. The molecule has 5 heteroatoms. The van der Waals surface area contributed by atoms with Gasteiger partial charge in [0.05, 0.1) is 15.9 Å². The fourth-order valence-electron chi connectivity index (χ4n) is 2.06. The molecule has 0 bridgehead atoms. The molecule has 0 aliphatic heterocycles. The van der Waals surface area contributed by atoms with E-state index in [0.717, 1.165) is 34.4 Å². The summed E-state index contributed by atoms with van der Waals surface area (Å²) < 4.78 is 2.92.